The molecule has 14 heavy (non-hydrogen) atoms. The second-order valence-corrected chi connectivity index (χ2v) is 3.58. The van der Waals surface area contributed by atoms with Crippen LogP contribution < -0.4 is 0 Å². The molecule has 0 heterocycles. The third kappa shape index (κ3) is 1.28. The smallest absolute Gasteiger partial charge is 0.269 e. The molecule has 0 aromatic heterocycles. The molecule has 0 bridgehead atoms. The van der Waals surface area contributed by atoms with Gasteiger partial charge in [-0.15, -0.1) is 0 Å². The Morgan fingerprint density at radius 3 is 2.64 bits per heavy atom. The summed E-state index contributed by atoms with van der Waals surface area (Å²) >= 11 is 0. The molecule has 0 N–H and O–H groups in total. The first-order valence-electron chi connectivity index (χ1n) is 4.39. The molecule has 2 rings (SSSR count). The summed E-state index contributed by atoms with van der Waals surface area (Å²) in [4.78, 5) is 20.9. The molecule has 1 aromatic carbocycles. The molecule has 1 aliphatic rings. The van der Waals surface area contributed by atoms with Gasteiger partial charge in [-0.3, -0.25) is 10.1 Å². The number of aldehydes is 1. The summed E-state index contributed by atoms with van der Waals surface area (Å²) in [5.41, 5.74) is 0.392. The lowest BCUT2D eigenvalue weighted by molar-refractivity contribution is -0.384. The molecule has 4 nitrogen and oxygen atoms in total. The van der Waals surface area contributed by atoms with Gasteiger partial charge in [-0.05, 0) is 18.4 Å². The van der Waals surface area contributed by atoms with Crippen molar-refractivity contribution in [2.75, 3.05) is 0 Å². The molecule has 1 aliphatic carbocycles. The fourth-order valence-corrected chi connectivity index (χ4v) is 1.54. The van der Waals surface area contributed by atoms with E-state index in [0.717, 1.165) is 24.7 Å². The maximum absolute atomic E-state index is 10.8. The maximum Gasteiger partial charge on any atom is 0.269 e. The van der Waals surface area contributed by atoms with E-state index in [1.165, 1.54) is 12.1 Å². The number of hydrogen-bond donors (Lipinski definition) is 0. The molecule has 1 fully saturated rings. The Labute approximate surface area is 80.7 Å². The average molecular weight is 191 g/mol. The van der Waals surface area contributed by atoms with E-state index < -0.39 is 10.3 Å². The first-order chi connectivity index (χ1) is 6.68. The van der Waals surface area contributed by atoms with Crippen molar-refractivity contribution in [2.24, 2.45) is 0 Å². The Morgan fingerprint density at radius 2 is 2.14 bits per heavy atom. The molecule has 1 saturated carbocycles. The molecule has 4 heteroatoms. The molecule has 1 aromatic rings. The van der Waals surface area contributed by atoms with E-state index in [-0.39, 0.29) is 5.69 Å². The van der Waals surface area contributed by atoms with Crippen molar-refractivity contribution in [3.05, 3.63) is 39.9 Å². The molecule has 0 saturated heterocycles. The summed E-state index contributed by atoms with van der Waals surface area (Å²) in [6.07, 6.45) is 2.50. The van der Waals surface area contributed by atoms with Crippen LogP contribution in [0.5, 0.6) is 0 Å². The number of hydrogen-bond acceptors (Lipinski definition) is 3. The van der Waals surface area contributed by atoms with E-state index in [1.54, 1.807) is 12.1 Å². The van der Waals surface area contributed by atoms with Crippen molar-refractivity contribution in [3.63, 3.8) is 0 Å². The zero-order valence-corrected chi connectivity index (χ0v) is 7.47. The van der Waals surface area contributed by atoms with Gasteiger partial charge in [0.15, 0.2) is 0 Å². The van der Waals surface area contributed by atoms with Gasteiger partial charge in [-0.1, -0.05) is 12.1 Å². The van der Waals surface area contributed by atoms with Crippen LogP contribution >= 0.6 is 0 Å². The summed E-state index contributed by atoms with van der Waals surface area (Å²) in [7, 11) is 0. The highest BCUT2D eigenvalue weighted by atomic mass is 16.6. The molecule has 0 spiro atoms. The lowest BCUT2D eigenvalue weighted by Gasteiger charge is -2.05. The van der Waals surface area contributed by atoms with Crippen molar-refractivity contribution in [2.45, 2.75) is 18.3 Å². The quantitative estimate of drug-likeness (QED) is 0.416. The highest BCUT2D eigenvalue weighted by Gasteiger charge is 2.44. The van der Waals surface area contributed by atoms with Crippen LogP contribution in [-0.2, 0) is 10.2 Å². The fraction of sp³-hybridized carbons (Fsp3) is 0.300. The van der Waals surface area contributed by atoms with E-state index in [9.17, 15) is 14.9 Å². The SMILES string of the molecule is O=CC1(c2cccc([N+](=O)[O-])c2)CC1. The predicted octanol–water partition coefficient (Wildman–Crippen LogP) is 1.83. The van der Waals surface area contributed by atoms with Gasteiger partial charge in [0.1, 0.15) is 6.29 Å². The number of rotatable bonds is 3. The minimum atomic E-state index is -0.440. The summed E-state index contributed by atoms with van der Waals surface area (Å²) in [6, 6.07) is 6.32. The van der Waals surface area contributed by atoms with Crippen LogP contribution in [0.4, 0.5) is 5.69 Å². The zero-order chi connectivity index (χ0) is 10.2. The predicted molar refractivity (Wildman–Crippen MR) is 50.1 cm³/mol. The molecule has 0 aliphatic heterocycles. The van der Waals surface area contributed by atoms with Crippen molar-refractivity contribution in [3.8, 4) is 0 Å². The lowest BCUT2D eigenvalue weighted by atomic mass is 9.97. The van der Waals surface area contributed by atoms with Gasteiger partial charge in [-0.2, -0.15) is 0 Å². The van der Waals surface area contributed by atoms with E-state index in [4.69, 9.17) is 0 Å². The van der Waals surface area contributed by atoms with Gasteiger partial charge >= 0.3 is 0 Å². The third-order valence-electron chi connectivity index (χ3n) is 2.65. The van der Waals surface area contributed by atoms with E-state index in [2.05, 4.69) is 0 Å². The Morgan fingerprint density at radius 1 is 1.43 bits per heavy atom. The number of nitro benzene ring substituents is 1. The van der Waals surface area contributed by atoms with Gasteiger partial charge in [-0.25, -0.2) is 0 Å². The van der Waals surface area contributed by atoms with E-state index in [1.807, 2.05) is 0 Å². The van der Waals surface area contributed by atoms with E-state index in [0.29, 0.717) is 0 Å². The number of benzene rings is 1. The minimum Gasteiger partial charge on any atom is -0.302 e. The average Bonchev–Trinajstić information content (AvgIpc) is 2.98. The number of non-ortho nitro benzene ring substituents is 1. The Hall–Kier alpha value is -1.71. The van der Waals surface area contributed by atoms with Crippen molar-refractivity contribution >= 4 is 12.0 Å². The molecular weight excluding hydrogens is 182 g/mol. The number of nitro groups is 1. The van der Waals surface area contributed by atoms with Crippen LogP contribution in [0.1, 0.15) is 18.4 Å². The van der Waals surface area contributed by atoms with Crippen LogP contribution in [0.3, 0.4) is 0 Å². The standard InChI is InChI=1S/C10H9NO3/c12-7-10(4-5-10)8-2-1-3-9(6-8)11(13)14/h1-3,6-7H,4-5H2. The highest BCUT2D eigenvalue weighted by molar-refractivity contribution is 5.73. The number of nitrogens with zero attached hydrogens (tertiary/aromatic N) is 1. The monoisotopic (exact) mass is 191 g/mol. The van der Waals surface area contributed by atoms with Gasteiger partial charge in [0, 0.05) is 12.1 Å². The maximum atomic E-state index is 10.8. The van der Waals surface area contributed by atoms with Crippen LogP contribution in [-0.4, -0.2) is 11.2 Å². The van der Waals surface area contributed by atoms with Crippen LogP contribution in [0.15, 0.2) is 24.3 Å². The molecule has 0 amide bonds. The summed E-state index contributed by atoms with van der Waals surface area (Å²) < 4.78 is 0. The topological polar surface area (TPSA) is 60.2 Å². The Kier molecular flexibility index (Phi) is 1.84. The largest absolute Gasteiger partial charge is 0.302 e. The van der Waals surface area contributed by atoms with Crippen LogP contribution in [0, 0.1) is 10.1 Å². The van der Waals surface area contributed by atoms with E-state index >= 15 is 0 Å². The molecular formula is C10H9NO3. The first-order valence-corrected chi connectivity index (χ1v) is 4.39. The highest BCUT2D eigenvalue weighted by Crippen LogP contribution is 2.46. The van der Waals surface area contributed by atoms with Gasteiger partial charge in [0.2, 0.25) is 0 Å². The van der Waals surface area contributed by atoms with Gasteiger partial charge in [0.25, 0.3) is 5.69 Å². The zero-order valence-electron chi connectivity index (χ0n) is 7.47. The third-order valence-corrected chi connectivity index (χ3v) is 2.65. The summed E-state index contributed by atoms with van der Waals surface area (Å²) in [6.45, 7) is 0. The number of carbonyl (C=O) groups is 1. The van der Waals surface area contributed by atoms with Crippen LogP contribution in [0.2, 0.25) is 0 Å². The normalized spacial score (nSPS) is 17.4. The Bertz CT molecular complexity index is 396. The van der Waals surface area contributed by atoms with Crippen molar-refractivity contribution in [1.82, 2.24) is 0 Å². The second-order valence-electron chi connectivity index (χ2n) is 3.58. The number of carbonyl (C=O) groups excluding carboxylic acids is 1. The molecule has 0 radical (unpaired) electrons. The van der Waals surface area contributed by atoms with Crippen LogP contribution in [0.25, 0.3) is 0 Å². The molecule has 72 valence electrons. The molecule has 0 atom stereocenters. The lowest BCUT2D eigenvalue weighted by Crippen LogP contribution is -2.07. The summed E-state index contributed by atoms with van der Waals surface area (Å²) in [5, 5.41) is 10.5. The van der Waals surface area contributed by atoms with Gasteiger partial charge < -0.3 is 4.79 Å². The minimum absolute atomic E-state index is 0.0515. The van der Waals surface area contributed by atoms with Gasteiger partial charge in [0.05, 0.1) is 10.3 Å². The Balaban J connectivity index is 2.40. The molecule has 0 unspecified atom stereocenters. The fourth-order valence-electron chi connectivity index (χ4n) is 1.54. The van der Waals surface area contributed by atoms with Crippen molar-refractivity contribution in [1.29, 1.82) is 0 Å². The second kappa shape index (κ2) is 2.90. The van der Waals surface area contributed by atoms with Crippen molar-refractivity contribution < 1.29 is 9.72 Å². The first kappa shape index (κ1) is 8.87. The summed E-state index contributed by atoms with van der Waals surface area (Å²) in [5.74, 6) is 0.